The minimum absolute atomic E-state index is 0.203. The summed E-state index contributed by atoms with van der Waals surface area (Å²) in [5.41, 5.74) is 0.750. The van der Waals surface area contributed by atoms with Gasteiger partial charge in [-0.25, -0.2) is 4.98 Å². The average molecular weight is 265 g/mol. The van der Waals surface area contributed by atoms with Crippen molar-refractivity contribution in [1.29, 1.82) is 5.26 Å². The lowest BCUT2D eigenvalue weighted by molar-refractivity contribution is 0.0951. The van der Waals surface area contributed by atoms with E-state index in [1.54, 1.807) is 17.8 Å². The molecule has 0 bridgehead atoms. The topological polar surface area (TPSA) is 86.0 Å². The molecular formula is C12H15N3O2S. The van der Waals surface area contributed by atoms with Gasteiger partial charge in [-0.2, -0.15) is 17.0 Å². The molecule has 96 valence electrons. The third-order valence-corrected chi connectivity index (χ3v) is 3.17. The fraction of sp³-hybridized carbons (Fsp3) is 0.417. The Bertz CT molecular complexity index is 414. The number of pyridine rings is 1. The van der Waals surface area contributed by atoms with E-state index in [4.69, 9.17) is 10.4 Å². The number of aliphatic hydroxyl groups is 1. The van der Waals surface area contributed by atoms with Crippen LogP contribution in [0.2, 0.25) is 0 Å². The molecule has 18 heavy (non-hydrogen) atoms. The van der Waals surface area contributed by atoms with E-state index in [0.717, 1.165) is 17.9 Å². The number of nitrogens with one attached hydrogen (secondary N) is 1. The van der Waals surface area contributed by atoms with Crippen molar-refractivity contribution < 1.29 is 9.90 Å². The maximum absolute atomic E-state index is 11.6. The van der Waals surface area contributed by atoms with Crippen molar-refractivity contribution >= 4 is 17.7 Å². The van der Waals surface area contributed by atoms with Gasteiger partial charge in [-0.05, 0) is 24.3 Å². The van der Waals surface area contributed by atoms with Gasteiger partial charge in [-0.15, -0.1) is 0 Å². The van der Waals surface area contributed by atoms with E-state index in [1.807, 2.05) is 6.07 Å². The first-order valence-corrected chi connectivity index (χ1v) is 6.76. The zero-order valence-electron chi connectivity index (χ0n) is 9.93. The highest BCUT2D eigenvalue weighted by atomic mass is 32.2. The summed E-state index contributed by atoms with van der Waals surface area (Å²) in [5, 5.41) is 19.9. The number of carbonyl (C=O) groups excluding carboxylic acids is 1. The van der Waals surface area contributed by atoms with Crippen molar-refractivity contribution in [2.24, 2.45) is 0 Å². The minimum Gasteiger partial charge on any atom is -0.396 e. The third kappa shape index (κ3) is 5.17. The van der Waals surface area contributed by atoms with E-state index < -0.39 is 0 Å². The molecule has 0 aliphatic rings. The van der Waals surface area contributed by atoms with Crippen LogP contribution in [0.15, 0.2) is 18.3 Å². The number of aromatic nitrogens is 1. The maximum atomic E-state index is 11.6. The lowest BCUT2D eigenvalue weighted by Gasteiger charge is -2.04. The van der Waals surface area contributed by atoms with Crippen molar-refractivity contribution in [3.8, 4) is 6.07 Å². The molecule has 0 saturated heterocycles. The molecule has 0 unspecified atom stereocenters. The molecule has 0 aliphatic heterocycles. The molecule has 2 N–H and O–H groups in total. The van der Waals surface area contributed by atoms with Crippen LogP contribution in [0.5, 0.6) is 0 Å². The van der Waals surface area contributed by atoms with Crippen molar-refractivity contribution in [2.75, 3.05) is 24.7 Å². The Morgan fingerprint density at radius 1 is 1.50 bits per heavy atom. The van der Waals surface area contributed by atoms with Gasteiger partial charge in [0, 0.05) is 25.1 Å². The lowest BCUT2D eigenvalue weighted by atomic mass is 10.2. The zero-order valence-corrected chi connectivity index (χ0v) is 10.7. The van der Waals surface area contributed by atoms with E-state index in [0.29, 0.717) is 17.8 Å². The molecule has 0 radical (unpaired) electrons. The number of aliphatic hydroxyl groups excluding tert-OH is 1. The maximum Gasteiger partial charge on any atom is 0.269 e. The highest BCUT2D eigenvalue weighted by Gasteiger charge is 2.05. The molecule has 0 saturated carbocycles. The molecule has 6 heteroatoms. The van der Waals surface area contributed by atoms with Crippen molar-refractivity contribution in [3.05, 3.63) is 29.6 Å². The number of nitriles is 1. The van der Waals surface area contributed by atoms with Crippen LogP contribution < -0.4 is 5.32 Å². The first kappa shape index (κ1) is 14.5. The standard InChI is InChI=1S/C12H15N3O2S/c13-8-10-2-3-11(15-9-10)12(17)14-4-7-18-6-1-5-16/h2-3,9,16H,1,4-7H2,(H,14,17). The quantitative estimate of drug-likeness (QED) is 0.712. The Balaban J connectivity index is 2.26. The van der Waals surface area contributed by atoms with Gasteiger partial charge in [0.25, 0.3) is 5.91 Å². The molecule has 0 aliphatic carbocycles. The molecule has 1 amide bonds. The van der Waals surface area contributed by atoms with Crippen LogP contribution in [-0.2, 0) is 0 Å². The summed E-state index contributed by atoms with van der Waals surface area (Å²) in [6, 6.07) is 5.05. The second-order valence-electron chi connectivity index (χ2n) is 3.49. The number of thioether (sulfide) groups is 1. The van der Waals surface area contributed by atoms with Gasteiger partial charge in [-0.1, -0.05) is 0 Å². The Hall–Kier alpha value is -1.58. The Morgan fingerprint density at radius 2 is 2.33 bits per heavy atom. The van der Waals surface area contributed by atoms with Gasteiger partial charge < -0.3 is 10.4 Å². The average Bonchev–Trinajstić information content (AvgIpc) is 2.42. The van der Waals surface area contributed by atoms with E-state index in [9.17, 15) is 4.79 Å². The second kappa shape index (κ2) is 8.50. The lowest BCUT2D eigenvalue weighted by Crippen LogP contribution is -2.26. The number of carbonyl (C=O) groups is 1. The SMILES string of the molecule is N#Cc1ccc(C(=O)NCCSCCCO)nc1. The summed E-state index contributed by atoms with van der Waals surface area (Å²) in [7, 11) is 0. The van der Waals surface area contributed by atoms with E-state index in [1.165, 1.54) is 12.3 Å². The van der Waals surface area contributed by atoms with Gasteiger partial charge in [0.2, 0.25) is 0 Å². The molecule has 1 rings (SSSR count). The molecule has 0 atom stereocenters. The molecule has 1 aromatic rings. The Morgan fingerprint density at radius 3 is 2.94 bits per heavy atom. The highest BCUT2D eigenvalue weighted by Crippen LogP contribution is 2.01. The van der Waals surface area contributed by atoms with Crippen LogP contribution in [0.4, 0.5) is 0 Å². The summed E-state index contributed by atoms with van der Waals surface area (Å²) in [6.07, 6.45) is 2.15. The molecule has 0 spiro atoms. The van der Waals surface area contributed by atoms with Gasteiger partial charge in [0.05, 0.1) is 5.56 Å². The van der Waals surface area contributed by atoms with Gasteiger partial charge in [0.15, 0.2) is 0 Å². The van der Waals surface area contributed by atoms with Gasteiger partial charge in [0.1, 0.15) is 11.8 Å². The Kier molecular flexibility index (Phi) is 6.84. The molecular weight excluding hydrogens is 250 g/mol. The first-order chi connectivity index (χ1) is 8.77. The van der Waals surface area contributed by atoms with Gasteiger partial charge >= 0.3 is 0 Å². The summed E-state index contributed by atoms with van der Waals surface area (Å²) in [6.45, 7) is 0.769. The monoisotopic (exact) mass is 265 g/mol. The molecule has 1 heterocycles. The zero-order chi connectivity index (χ0) is 13.2. The van der Waals surface area contributed by atoms with Crippen LogP contribution in [0.25, 0.3) is 0 Å². The molecule has 1 aromatic heterocycles. The number of nitrogens with zero attached hydrogens (tertiary/aromatic N) is 2. The summed E-state index contributed by atoms with van der Waals surface area (Å²) in [5.74, 6) is 1.46. The molecule has 0 fully saturated rings. The smallest absolute Gasteiger partial charge is 0.269 e. The highest BCUT2D eigenvalue weighted by molar-refractivity contribution is 7.99. The van der Waals surface area contributed by atoms with Crippen molar-refractivity contribution in [2.45, 2.75) is 6.42 Å². The summed E-state index contributed by atoms with van der Waals surface area (Å²) >= 11 is 1.68. The van der Waals surface area contributed by atoms with E-state index >= 15 is 0 Å². The normalized spacial score (nSPS) is 9.78. The first-order valence-electron chi connectivity index (χ1n) is 5.61. The minimum atomic E-state index is -0.234. The molecule has 5 nitrogen and oxygen atoms in total. The van der Waals surface area contributed by atoms with Crippen molar-refractivity contribution in [1.82, 2.24) is 10.3 Å². The van der Waals surface area contributed by atoms with Crippen LogP contribution in [0.3, 0.4) is 0 Å². The largest absolute Gasteiger partial charge is 0.396 e. The predicted octanol–water partition coefficient (Wildman–Crippen LogP) is 0.799. The van der Waals surface area contributed by atoms with Crippen LogP contribution >= 0.6 is 11.8 Å². The van der Waals surface area contributed by atoms with Crippen molar-refractivity contribution in [3.63, 3.8) is 0 Å². The van der Waals surface area contributed by atoms with Crippen LogP contribution in [0, 0.1) is 11.3 Å². The fourth-order valence-corrected chi connectivity index (χ4v) is 1.97. The van der Waals surface area contributed by atoms with E-state index in [-0.39, 0.29) is 12.5 Å². The summed E-state index contributed by atoms with van der Waals surface area (Å²) < 4.78 is 0. The van der Waals surface area contributed by atoms with Gasteiger partial charge in [-0.3, -0.25) is 4.79 Å². The molecule has 0 aromatic carbocycles. The second-order valence-corrected chi connectivity index (χ2v) is 4.71. The summed E-state index contributed by atoms with van der Waals surface area (Å²) in [4.78, 5) is 15.5. The number of rotatable bonds is 7. The Labute approximate surface area is 110 Å². The predicted molar refractivity (Wildman–Crippen MR) is 70.3 cm³/mol. The fourth-order valence-electron chi connectivity index (χ4n) is 1.19. The van der Waals surface area contributed by atoms with E-state index in [2.05, 4.69) is 10.3 Å². The number of hydrogen-bond acceptors (Lipinski definition) is 5. The van der Waals surface area contributed by atoms with Crippen LogP contribution in [0.1, 0.15) is 22.5 Å². The number of amides is 1. The third-order valence-electron chi connectivity index (χ3n) is 2.10. The number of hydrogen-bond donors (Lipinski definition) is 2. The van der Waals surface area contributed by atoms with Crippen LogP contribution in [-0.4, -0.2) is 40.7 Å².